The molecule has 1 saturated carbocycles. The van der Waals surface area contributed by atoms with Crippen LogP contribution in [-0.4, -0.2) is 10.9 Å². The fourth-order valence-corrected chi connectivity index (χ4v) is 3.40. The largest absolute Gasteiger partial charge is 0.352 e. The summed E-state index contributed by atoms with van der Waals surface area (Å²) in [5.41, 5.74) is 3.18. The number of rotatable bonds is 4. The SMILES string of the molecule is O=C(NCc1cccnc1-c1ccsc1)C1CCCC1. The minimum atomic E-state index is 0.197. The summed E-state index contributed by atoms with van der Waals surface area (Å²) in [7, 11) is 0. The van der Waals surface area contributed by atoms with Gasteiger partial charge in [-0.25, -0.2) is 0 Å². The molecule has 3 rings (SSSR count). The van der Waals surface area contributed by atoms with Crippen molar-refractivity contribution in [2.45, 2.75) is 32.2 Å². The molecule has 2 heterocycles. The first-order chi connectivity index (χ1) is 9.84. The van der Waals surface area contributed by atoms with E-state index in [2.05, 4.69) is 21.7 Å². The Hall–Kier alpha value is -1.68. The van der Waals surface area contributed by atoms with E-state index in [0.717, 1.165) is 29.7 Å². The molecule has 2 aromatic heterocycles. The third kappa shape index (κ3) is 2.90. The van der Waals surface area contributed by atoms with Gasteiger partial charge < -0.3 is 5.32 Å². The summed E-state index contributed by atoms with van der Waals surface area (Å²) in [6.45, 7) is 0.564. The Kier molecular flexibility index (Phi) is 4.11. The second kappa shape index (κ2) is 6.18. The quantitative estimate of drug-likeness (QED) is 0.932. The number of carbonyl (C=O) groups excluding carboxylic acids is 1. The van der Waals surface area contributed by atoms with Crippen LogP contribution in [0.5, 0.6) is 0 Å². The van der Waals surface area contributed by atoms with Crippen LogP contribution in [-0.2, 0) is 11.3 Å². The van der Waals surface area contributed by atoms with E-state index in [1.165, 1.54) is 12.8 Å². The van der Waals surface area contributed by atoms with Crippen molar-refractivity contribution in [3.05, 3.63) is 40.7 Å². The molecule has 0 aromatic carbocycles. The fraction of sp³-hybridized carbons (Fsp3) is 0.375. The third-order valence-corrected chi connectivity index (χ3v) is 4.55. The van der Waals surface area contributed by atoms with Crippen LogP contribution in [0.2, 0.25) is 0 Å². The summed E-state index contributed by atoms with van der Waals surface area (Å²) >= 11 is 1.66. The van der Waals surface area contributed by atoms with Crippen LogP contribution < -0.4 is 5.32 Å². The summed E-state index contributed by atoms with van der Waals surface area (Å²) in [6, 6.07) is 6.02. The first-order valence-electron chi connectivity index (χ1n) is 7.09. The van der Waals surface area contributed by atoms with Gasteiger partial charge in [0.1, 0.15) is 0 Å². The predicted molar refractivity (Wildman–Crippen MR) is 81.4 cm³/mol. The van der Waals surface area contributed by atoms with Gasteiger partial charge in [0.05, 0.1) is 5.69 Å². The molecular weight excluding hydrogens is 268 g/mol. The highest BCUT2D eigenvalue weighted by molar-refractivity contribution is 7.08. The summed E-state index contributed by atoms with van der Waals surface area (Å²) < 4.78 is 0. The van der Waals surface area contributed by atoms with Crippen LogP contribution in [0.3, 0.4) is 0 Å². The molecule has 2 aromatic rings. The van der Waals surface area contributed by atoms with Crippen molar-refractivity contribution >= 4 is 17.2 Å². The molecule has 1 fully saturated rings. The number of hydrogen-bond acceptors (Lipinski definition) is 3. The van der Waals surface area contributed by atoms with E-state index in [9.17, 15) is 4.79 Å². The fourth-order valence-electron chi connectivity index (χ4n) is 2.76. The Balaban J connectivity index is 1.70. The van der Waals surface area contributed by atoms with Gasteiger partial charge in [0.2, 0.25) is 5.91 Å². The lowest BCUT2D eigenvalue weighted by molar-refractivity contribution is -0.124. The molecule has 0 spiro atoms. The minimum Gasteiger partial charge on any atom is -0.352 e. The van der Waals surface area contributed by atoms with Crippen molar-refractivity contribution in [1.29, 1.82) is 0 Å². The Morgan fingerprint density at radius 1 is 1.35 bits per heavy atom. The molecule has 1 N–H and O–H groups in total. The molecule has 20 heavy (non-hydrogen) atoms. The van der Waals surface area contributed by atoms with Crippen molar-refractivity contribution < 1.29 is 4.79 Å². The van der Waals surface area contributed by atoms with Gasteiger partial charge in [0.25, 0.3) is 0 Å². The van der Waals surface area contributed by atoms with Gasteiger partial charge in [-0.3, -0.25) is 9.78 Å². The number of carbonyl (C=O) groups is 1. The van der Waals surface area contributed by atoms with Crippen LogP contribution >= 0.6 is 11.3 Å². The first-order valence-corrected chi connectivity index (χ1v) is 8.03. The zero-order chi connectivity index (χ0) is 13.8. The summed E-state index contributed by atoms with van der Waals surface area (Å²) in [4.78, 5) is 16.5. The molecule has 1 aliphatic rings. The van der Waals surface area contributed by atoms with E-state index in [4.69, 9.17) is 0 Å². The minimum absolute atomic E-state index is 0.197. The van der Waals surface area contributed by atoms with Crippen LogP contribution in [0, 0.1) is 5.92 Å². The smallest absolute Gasteiger partial charge is 0.223 e. The van der Waals surface area contributed by atoms with Crippen molar-refractivity contribution in [3.8, 4) is 11.3 Å². The number of nitrogens with one attached hydrogen (secondary N) is 1. The van der Waals surface area contributed by atoms with Gasteiger partial charge in [0, 0.05) is 29.6 Å². The van der Waals surface area contributed by atoms with E-state index in [-0.39, 0.29) is 11.8 Å². The van der Waals surface area contributed by atoms with Gasteiger partial charge in [-0.15, -0.1) is 0 Å². The predicted octanol–water partition coefficient (Wildman–Crippen LogP) is 3.62. The Morgan fingerprint density at radius 2 is 2.20 bits per heavy atom. The molecule has 1 amide bonds. The average Bonchev–Trinajstić information content (AvgIpc) is 3.17. The van der Waals surface area contributed by atoms with Crippen molar-refractivity contribution in [2.24, 2.45) is 5.92 Å². The Labute approximate surface area is 123 Å². The molecule has 104 valence electrons. The highest BCUT2D eigenvalue weighted by Gasteiger charge is 2.22. The molecule has 1 aliphatic carbocycles. The molecule has 0 radical (unpaired) electrons. The molecule has 4 heteroatoms. The van der Waals surface area contributed by atoms with Gasteiger partial charge in [0.15, 0.2) is 0 Å². The second-order valence-corrected chi connectivity index (χ2v) is 6.00. The number of pyridine rings is 1. The normalized spacial score (nSPS) is 15.4. The number of thiophene rings is 1. The summed E-state index contributed by atoms with van der Waals surface area (Å²) in [5.74, 6) is 0.416. The maximum atomic E-state index is 12.1. The zero-order valence-electron chi connectivity index (χ0n) is 11.3. The molecule has 0 bridgehead atoms. The zero-order valence-corrected chi connectivity index (χ0v) is 12.2. The van der Waals surface area contributed by atoms with Gasteiger partial charge in [-0.1, -0.05) is 18.9 Å². The summed E-state index contributed by atoms with van der Waals surface area (Å²) in [5, 5.41) is 7.20. The summed E-state index contributed by atoms with van der Waals surface area (Å²) in [6.07, 6.45) is 6.25. The van der Waals surface area contributed by atoms with Crippen LogP contribution in [0.1, 0.15) is 31.2 Å². The van der Waals surface area contributed by atoms with E-state index in [1.54, 1.807) is 17.5 Å². The van der Waals surface area contributed by atoms with E-state index in [1.807, 2.05) is 17.5 Å². The lowest BCUT2D eigenvalue weighted by Crippen LogP contribution is -2.29. The van der Waals surface area contributed by atoms with Gasteiger partial charge in [-0.2, -0.15) is 11.3 Å². The maximum Gasteiger partial charge on any atom is 0.223 e. The molecule has 0 saturated heterocycles. The Morgan fingerprint density at radius 3 is 2.95 bits per heavy atom. The number of amides is 1. The number of aromatic nitrogens is 1. The lowest BCUT2D eigenvalue weighted by Gasteiger charge is -2.12. The van der Waals surface area contributed by atoms with Crippen LogP contribution in [0.15, 0.2) is 35.2 Å². The molecular formula is C16H18N2OS. The van der Waals surface area contributed by atoms with E-state index in [0.29, 0.717) is 6.54 Å². The topological polar surface area (TPSA) is 42.0 Å². The van der Waals surface area contributed by atoms with Gasteiger partial charge in [-0.05, 0) is 35.9 Å². The van der Waals surface area contributed by atoms with E-state index >= 15 is 0 Å². The highest BCUT2D eigenvalue weighted by Crippen LogP contribution is 2.26. The van der Waals surface area contributed by atoms with Crippen molar-refractivity contribution in [1.82, 2.24) is 10.3 Å². The van der Waals surface area contributed by atoms with Gasteiger partial charge >= 0.3 is 0 Å². The van der Waals surface area contributed by atoms with E-state index < -0.39 is 0 Å². The first kappa shape index (κ1) is 13.3. The maximum absolute atomic E-state index is 12.1. The second-order valence-electron chi connectivity index (χ2n) is 5.22. The molecule has 3 nitrogen and oxygen atoms in total. The highest BCUT2D eigenvalue weighted by atomic mass is 32.1. The van der Waals surface area contributed by atoms with Crippen molar-refractivity contribution in [3.63, 3.8) is 0 Å². The molecule has 0 unspecified atom stereocenters. The number of nitrogens with zero attached hydrogens (tertiary/aromatic N) is 1. The monoisotopic (exact) mass is 286 g/mol. The van der Waals surface area contributed by atoms with Crippen LogP contribution in [0.25, 0.3) is 11.3 Å². The standard InChI is InChI=1S/C16H18N2OS/c19-16(12-4-1-2-5-12)18-10-13-6-3-8-17-15(13)14-7-9-20-11-14/h3,6-9,11-12H,1-2,4-5,10H2,(H,18,19). The van der Waals surface area contributed by atoms with Crippen molar-refractivity contribution in [2.75, 3.05) is 0 Å². The Bertz CT molecular complexity index is 574. The van der Waals surface area contributed by atoms with Crippen LogP contribution in [0.4, 0.5) is 0 Å². The lowest BCUT2D eigenvalue weighted by atomic mass is 10.1. The average molecular weight is 286 g/mol. The molecule has 0 aliphatic heterocycles. The third-order valence-electron chi connectivity index (χ3n) is 3.86. The molecule has 0 atom stereocenters. The number of hydrogen-bond donors (Lipinski definition) is 1.